The molecule has 1 saturated heterocycles. The Kier molecular flexibility index (Phi) is 6.00. The maximum absolute atomic E-state index is 13.2. The van der Waals surface area contributed by atoms with Crippen LogP contribution < -0.4 is 0 Å². The standard InChI is InChI=1S/C23H27N5O/c1-2-22-21(16-25-28(22)18-19-7-4-3-5-8-19)23(29)27-13-11-26(12-14-27)17-20-9-6-10-24-15-20/h3-10,15-16H,2,11-14,17-18H2,1H3. The van der Waals surface area contributed by atoms with Crippen LogP contribution in [0.15, 0.2) is 61.1 Å². The second kappa shape index (κ2) is 9.01. The van der Waals surface area contributed by atoms with Gasteiger partial charge in [0.2, 0.25) is 0 Å². The summed E-state index contributed by atoms with van der Waals surface area (Å²) in [5, 5.41) is 4.52. The van der Waals surface area contributed by atoms with Crippen molar-refractivity contribution < 1.29 is 4.79 Å². The van der Waals surface area contributed by atoms with Gasteiger partial charge in [0, 0.05) is 45.1 Å². The number of rotatable bonds is 6. The van der Waals surface area contributed by atoms with E-state index >= 15 is 0 Å². The second-order valence-corrected chi connectivity index (χ2v) is 7.43. The SMILES string of the molecule is CCc1c(C(=O)N2CCN(Cc3cccnc3)CC2)cnn1Cc1ccccc1. The first-order valence-electron chi connectivity index (χ1n) is 10.2. The van der Waals surface area contributed by atoms with E-state index in [0.717, 1.165) is 50.4 Å². The summed E-state index contributed by atoms with van der Waals surface area (Å²) in [5.74, 6) is 0.0992. The first-order chi connectivity index (χ1) is 14.2. The molecule has 0 unspecified atom stereocenters. The second-order valence-electron chi connectivity index (χ2n) is 7.43. The number of aromatic nitrogens is 3. The van der Waals surface area contributed by atoms with Gasteiger partial charge in [0.15, 0.2) is 0 Å². The van der Waals surface area contributed by atoms with E-state index < -0.39 is 0 Å². The molecule has 0 atom stereocenters. The Morgan fingerprint density at radius 3 is 2.38 bits per heavy atom. The molecule has 150 valence electrons. The number of carbonyl (C=O) groups is 1. The first-order valence-corrected chi connectivity index (χ1v) is 10.2. The van der Waals surface area contributed by atoms with Gasteiger partial charge in [0.05, 0.1) is 24.0 Å². The summed E-state index contributed by atoms with van der Waals surface area (Å²) in [6, 6.07) is 14.3. The maximum Gasteiger partial charge on any atom is 0.257 e. The predicted octanol–water partition coefficient (Wildman–Crippen LogP) is 2.85. The average Bonchev–Trinajstić information content (AvgIpc) is 3.17. The summed E-state index contributed by atoms with van der Waals surface area (Å²) < 4.78 is 1.96. The third-order valence-electron chi connectivity index (χ3n) is 5.48. The largest absolute Gasteiger partial charge is 0.336 e. The van der Waals surface area contributed by atoms with Crippen molar-refractivity contribution in [3.63, 3.8) is 0 Å². The molecule has 0 spiro atoms. The molecule has 0 saturated carbocycles. The topological polar surface area (TPSA) is 54.3 Å². The lowest BCUT2D eigenvalue weighted by Gasteiger charge is -2.34. The van der Waals surface area contributed by atoms with Crippen molar-refractivity contribution in [2.75, 3.05) is 26.2 Å². The van der Waals surface area contributed by atoms with Gasteiger partial charge in [-0.2, -0.15) is 5.10 Å². The first kappa shape index (κ1) is 19.3. The lowest BCUT2D eigenvalue weighted by atomic mass is 10.1. The van der Waals surface area contributed by atoms with Crippen LogP contribution in [0.3, 0.4) is 0 Å². The molecule has 3 aromatic rings. The Balaban J connectivity index is 1.40. The van der Waals surface area contributed by atoms with E-state index in [2.05, 4.69) is 40.1 Å². The predicted molar refractivity (Wildman–Crippen MR) is 113 cm³/mol. The molecule has 29 heavy (non-hydrogen) atoms. The van der Waals surface area contributed by atoms with Crippen LogP contribution in [0, 0.1) is 0 Å². The summed E-state index contributed by atoms with van der Waals surface area (Å²) >= 11 is 0. The molecule has 1 aliphatic rings. The zero-order valence-electron chi connectivity index (χ0n) is 16.9. The van der Waals surface area contributed by atoms with E-state index in [1.165, 1.54) is 11.1 Å². The minimum Gasteiger partial charge on any atom is -0.336 e. The van der Waals surface area contributed by atoms with Crippen molar-refractivity contribution in [3.8, 4) is 0 Å². The Morgan fingerprint density at radius 1 is 0.931 bits per heavy atom. The number of benzene rings is 1. The summed E-state index contributed by atoms with van der Waals surface area (Å²) in [6.45, 7) is 6.89. The van der Waals surface area contributed by atoms with E-state index in [1.54, 1.807) is 12.4 Å². The van der Waals surface area contributed by atoms with Gasteiger partial charge < -0.3 is 4.90 Å². The van der Waals surface area contributed by atoms with Gasteiger partial charge in [-0.1, -0.05) is 43.3 Å². The molecule has 1 aromatic carbocycles. The monoisotopic (exact) mass is 389 g/mol. The summed E-state index contributed by atoms with van der Waals surface area (Å²) in [7, 11) is 0. The number of amides is 1. The lowest BCUT2D eigenvalue weighted by Crippen LogP contribution is -2.48. The van der Waals surface area contributed by atoms with Crippen molar-refractivity contribution >= 4 is 5.91 Å². The molecule has 0 aliphatic carbocycles. The Morgan fingerprint density at radius 2 is 1.69 bits per heavy atom. The Labute approximate surface area is 171 Å². The van der Waals surface area contributed by atoms with E-state index in [1.807, 2.05) is 40.0 Å². The van der Waals surface area contributed by atoms with E-state index in [-0.39, 0.29) is 5.91 Å². The van der Waals surface area contributed by atoms with Gasteiger partial charge >= 0.3 is 0 Å². The molecule has 2 aromatic heterocycles. The van der Waals surface area contributed by atoms with Crippen LogP contribution in [0.1, 0.15) is 34.1 Å². The Bertz CT molecular complexity index is 930. The van der Waals surface area contributed by atoms with Crippen LogP contribution in [0.2, 0.25) is 0 Å². The van der Waals surface area contributed by atoms with Crippen molar-refractivity contribution in [3.05, 3.63) is 83.4 Å². The number of hydrogen-bond donors (Lipinski definition) is 0. The molecule has 4 rings (SSSR count). The van der Waals surface area contributed by atoms with Crippen LogP contribution in [0.5, 0.6) is 0 Å². The number of hydrogen-bond acceptors (Lipinski definition) is 4. The Hall–Kier alpha value is -2.99. The molecule has 1 aliphatic heterocycles. The van der Waals surface area contributed by atoms with Crippen LogP contribution >= 0.6 is 0 Å². The van der Waals surface area contributed by atoms with Crippen molar-refractivity contribution in [2.24, 2.45) is 0 Å². The minimum atomic E-state index is 0.0992. The third kappa shape index (κ3) is 4.54. The van der Waals surface area contributed by atoms with E-state index in [9.17, 15) is 4.79 Å². The van der Waals surface area contributed by atoms with Gasteiger partial charge in [0.1, 0.15) is 0 Å². The van der Waals surface area contributed by atoms with Gasteiger partial charge in [-0.05, 0) is 23.6 Å². The number of pyridine rings is 1. The molecular weight excluding hydrogens is 362 g/mol. The normalized spacial score (nSPS) is 14.9. The highest BCUT2D eigenvalue weighted by Crippen LogP contribution is 2.17. The average molecular weight is 390 g/mol. The lowest BCUT2D eigenvalue weighted by molar-refractivity contribution is 0.0627. The summed E-state index contributed by atoms with van der Waals surface area (Å²) in [6.07, 6.45) is 6.23. The van der Waals surface area contributed by atoms with Gasteiger partial charge in [-0.25, -0.2) is 0 Å². The number of carbonyl (C=O) groups excluding carboxylic acids is 1. The fourth-order valence-electron chi connectivity index (χ4n) is 3.88. The molecule has 1 amide bonds. The van der Waals surface area contributed by atoms with Crippen LogP contribution in [0.4, 0.5) is 0 Å². The van der Waals surface area contributed by atoms with Crippen LogP contribution in [-0.4, -0.2) is 56.7 Å². The summed E-state index contributed by atoms with van der Waals surface area (Å²) in [4.78, 5) is 21.7. The van der Waals surface area contributed by atoms with Gasteiger partial charge in [-0.15, -0.1) is 0 Å². The molecule has 6 nitrogen and oxygen atoms in total. The van der Waals surface area contributed by atoms with Crippen molar-refractivity contribution in [1.29, 1.82) is 0 Å². The van der Waals surface area contributed by atoms with Gasteiger partial charge in [0.25, 0.3) is 5.91 Å². The van der Waals surface area contributed by atoms with Crippen LogP contribution in [-0.2, 0) is 19.5 Å². The summed E-state index contributed by atoms with van der Waals surface area (Å²) in [5.41, 5.74) is 4.15. The fourth-order valence-corrected chi connectivity index (χ4v) is 3.88. The quantitative estimate of drug-likeness (QED) is 0.651. The highest BCUT2D eigenvalue weighted by atomic mass is 16.2. The zero-order valence-corrected chi connectivity index (χ0v) is 16.9. The highest BCUT2D eigenvalue weighted by molar-refractivity contribution is 5.95. The molecule has 0 bridgehead atoms. The third-order valence-corrected chi connectivity index (χ3v) is 5.48. The van der Waals surface area contributed by atoms with Crippen molar-refractivity contribution in [1.82, 2.24) is 24.6 Å². The molecule has 3 heterocycles. The van der Waals surface area contributed by atoms with Crippen molar-refractivity contribution in [2.45, 2.75) is 26.4 Å². The minimum absolute atomic E-state index is 0.0992. The molecule has 6 heteroatoms. The maximum atomic E-state index is 13.2. The van der Waals surface area contributed by atoms with Crippen LogP contribution in [0.25, 0.3) is 0 Å². The molecule has 0 N–H and O–H groups in total. The number of piperazine rings is 1. The smallest absolute Gasteiger partial charge is 0.257 e. The molecule has 1 fully saturated rings. The molecule has 0 radical (unpaired) electrons. The van der Waals surface area contributed by atoms with E-state index in [0.29, 0.717) is 6.54 Å². The molecular formula is C23H27N5O. The zero-order chi connectivity index (χ0) is 20.1. The fraction of sp³-hybridized carbons (Fsp3) is 0.348. The van der Waals surface area contributed by atoms with E-state index in [4.69, 9.17) is 0 Å². The number of nitrogens with zero attached hydrogens (tertiary/aromatic N) is 5. The highest BCUT2D eigenvalue weighted by Gasteiger charge is 2.25. The van der Waals surface area contributed by atoms with Gasteiger partial charge in [-0.3, -0.25) is 19.4 Å².